The van der Waals surface area contributed by atoms with E-state index in [1.54, 1.807) is 6.07 Å². The molecule has 0 saturated carbocycles. The van der Waals surface area contributed by atoms with Crippen molar-refractivity contribution in [3.8, 4) is 11.3 Å². The average Bonchev–Trinajstić information content (AvgIpc) is 2.71. The van der Waals surface area contributed by atoms with E-state index in [1.807, 2.05) is 24.3 Å². The van der Waals surface area contributed by atoms with Crippen molar-refractivity contribution in [2.24, 2.45) is 0 Å². The monoisotopic (exact) mass is 175 g/mol. The number of nitrogens with zero attached hydrogens (tertiary/aromatic N) is 1. The second kappa shape index (κ2) is 3.41. The highest BCUT2D eigenvalue weighted by Gasteiger charge is 1.99. The molecule has 0 unspecified atom stereocenters. The van der Waals surface area contributed by atoms with Crippen molar-refractivity contribution in [3.05, 3.63) is 42.2 Å². The lowest BCUT2D eigenvalue weighted by Gasteiger charge is -1.97. The van der Waals surface area contributed by atoms with E-state index in [0.29, 0.717) is 0 Å². The van der Waals surface area contributed by atoms with Crippen LogP contribution in [0.15, 0.2) is 41.1 Å². The lowest BCUT2D eigenvalue weighted by atomic mass is 10.1. The molecule has 0 radical (unpaired) electrons. The van der Waals surface area contributed by atoms with Crippen LogP contribution in [0.4, 0.5) is 0 Å². The summed E-state index contributed by atoms with van der Waals surface area (Å²) in [5, 5.41) is 12.6. The standard InChI is InChI=1S/C10H9NO2/c12-7-8-1-3-9(4-2-8)10-5-6-13-11-10/h1-6,12H,7H2. The predicted octanol–water partition coefficient (Wildman–Crippen LogP) is 1.83. The molecule has 0 amide bonds. The van der Waals surface area contributed by atoms with Gasteiger partial charge in [-0.15, -0.1) is 0 Å². The molecule has 3 heteroatoms. The zero-order valence-corrected chi connectivity index (χ0v) is 6.97. The first kappa shape index (κ1) is 8.01. The van der Waals surface area contributed by atoms with Crippen molar-refractivity contribution in [2.75, 3.05) is 0 Å². The van der Waals surface area contributed by atoms with Gasteiger partial charge in [-0.05, 0) is 5.56 Å². The smallest absolute Gasteiger partial charge is 0.124 e. The number of hydrogen-bond acceptors (Lipinski definition) is 3. The molecule has 1 aromatic heterocycles. The van der Waals surface area contributed by atoms with Gasteiger partial charge in [0.2, 0.25) is 0 Å². The Labute approximate surface area is 75.6 Å². The van der Waals surface area contributed by atoms with Gasteiger partial charge in [-0.3, -0.25) is 0 Å². The molecule has 0 aliphatic rings. The summed E-state index contributed by atoms with van der Waals surface area (Å²) in [5.74, 6) is 0. The van der Waals surface area contributed by atoms with Gasteiger partial charge < -0.3 is 9.63 Å². The SMILES string of the molecule is OCc1ccc(-c2ccon2)cc1. The Morgan fingerprint density at radius 2 is 1.92 bits per heavy atom. The molecule has 3 nitrogen and oxygen atoms in total. The van der Waals surface area contributed by atoms with Crippen LogP contribution in [0.1, 0.15) is 5.56 Å². The number of aromatic nitrogens is 1. The summed E-state index contributed by atoms with van der Waals surface area (Å²) >= 11 is 0. The Balaban J connectivity index is 2.33. The molecule has 0 saturated heterocycles. The van der Waals surface area contributed by atoms with Gasteiger partial charge in [0.05, 0.1) is 6.61 Å². The maximum atomic E-state index is 8.82. The first-order chi connectivity index (χ1) is 6.40. The molecule has 0 aliphatic carbocycles. The molecule has 13 heavy (non-hydrogen) atoms. The van der Waals surface area contributed by atoms with Crippen molar-refractivity contribution in [1.82, 2.24) is 5.16 Å². The Bertz CT molecular complexity index is 364. The summed E-state index contributed by atoms with van der Waals surface area (Å²) in [6.07, 6.45) is 1.54. The van der Waals surface area contributed by atoms with E-state index in [9.17, 15) is 0 Å². The largest absolute Gasteiger partial charge is 0.392 e. The molecular weight excluding hydrogens is 166 g/mol. The maximum absolute atomic E-state index is 8.82. The number of aliphatic hydroxyl groups is 1. The molecule has 66 valence electrons. The van der Waals surface area contributed by atoms with Crippen LogP contribution in [0.3, 0.4) is 0 Å². The van der Waals surface area contributed by atoms with Gasteiger partial charge in [-0.2, -0.15) is 0 Å². The summed E-state index contributed by atoms with van der Waals surface area (Å²) in [7, 11) is 0. The Morgan fingerprint density at radius 1 is 1.15 bits per heavy atom. The highest BCUT2D eigenvalue weighted by atomic mass is 16.5. The first-order valence-corrected chi connectivity index (χ1v) is 4.01. The molecule has 0 fully saturated rings. The van der Waals surface area contributed by atoms with Crippen LogP contribution in [0.5, 0.6) is 0 Å². The Hall–Kier alpha value is -1.61. The lowest BCUT2D eigenvalue weighted by molar-refractivity contribution is 0.282. The van der Waals surface area contributed by atoms with Crippen LogP contribution < -0.4 is 0 Å². The number of aliphatic hydroxyl groups excluding tert-OH is 1. The minimum absolute atomic E-state index is 0.0685. The summed E-state index contributed by atoms with van der Waals surface area (Å²) in [6.45, 7) is 0.0685. The van der Waals surface area contributed by atoms with Gasteiger partial charge in [0, 0.05) is 11.6 Å². The molecule has 0 aliphatic heterocycles. The number of benzene rings is 1. The van der Waals surface area contributed by atoms with Gasteiger partial charge in [0.15, 0.2) is 0 Å². The maximum Gasteiger partial charge on any atom is 0.124 e. The van der Waals surface area contributed by atoms with E-state index in [1.165, 1.54) is 6.26 Å². The van der Waals surface area contributed by atoms with Crippen LogP contribution in [0.25, 0.3) is 11.3 Å². The predicted molar refractivity (Wildman–Crippen MR) is 47.9 cm³/mol. The fraction of sp³-hybridized carbons (Fsp3) is 0.100. The molecule has 1 heterocycles. The lowest BCUT2D eigenvalue weighted by Crippen LogP contribution is -1.82. The number of rotatable bonds is 2. The van der Waals surface area contributed by atoms with Crippen molar-refractivity contribution in [1.29, 1.82) is 0 Å². The zero-order chi connectivity index (χ0) is 9.10. The second-order valence-electron chi connectivity index (χ2n) is 2.74. The molecule has 2 rings (SSSR count). The van der Waals surface area contributed by atoms with Crippen molar-refractivity contribution in [3.63, 3.8) is 0 Å². The van der Waals surface area contributed by atoms with Crippen LogP contribution in [-0.4, -0.2) is 10.3 Å². The molecule has 0 atom stereocenters. The van der Waals surface area contributed by atoms with E-state index in [2.05, 4.69) is 5.16 Å². The Kier molecular flexibility index (Phi) is 2.10. The van der Waals surface area contributed by atoms with E-state index < -0.39 is 0 Å². The fourth-order valence-corrected chi connectivity index (χ4v) is 1.14. The third-order valence-corrected chi connectivity index (χ3v) is 1.87. The van der Waals surface area contributed by atoms with Crippen LogP contribution in [0, 0.1) is 0 Å². The highest BCUT2D eigenvalue weighted by Crippen LogP contribution is 2.17. The quantitative estimate of drug-likeness (QED) is 0.757. The summed E-state index contributed by atoms with van der Waals surface area (Å²) in [4.78, 5) is 0. The van der Waals surface area contributed by atoms with Crippen molar-refractivity contribution in [2.45, 2.75) is 6.61 Å². The topological polar surface area (TPSA) is 46.3 Å². The van der Waals surface area contributed by atoms with Crippen LogP contribution in [-0.2, 0) is 6.61 Å². The van der Waals surface area contributed by atoms with Gasteiger partial charge in [-0.1, -0.05) is 29.4 Å². The third kappa shape index (κ3) is 1.60. The van der Waals surface area contributed by atoms with Crippen molar-refractivity contribution >= 4 is 0 Å². The number of hydrogen-bond donors (Lipinski definition) is 1. The highest BCUT2D eigenvalue weighted by molar-refractivity contribution is 5.58. The minimum Gasteiger partial charge on any atom is -0.392 e. The molecule has 1 aromatic carbocycles. The summed E-state index contributed by atoms with van der Waals surface area (Å²) < 4.78 is 4.73. The summed E-state index contributed by atoms with van der Waals surface area (Å²) in [6, 6.07) is 9.34. The van der Waals surface area contributed by atoms with Crippen molar-refractivity contribution < 1.29 is 9.63 Å². The van der Waals surface area contributed by atoms with E-state index >= 15 is 0 Å². The van der Waals surface area contributed by atoms with Gasteiger partial charge in [0.1, 0.15) is 12.0 Å². The van der Waals surface area contributed by atoms with E-state index in [0.717, 1.165) is 16.8 Å². The van der Waals surface area contributed by atoms with Gasteiger partial charge in [-0.25, -0.2) is 0 Å². The average molecular weight is 175 g/mol. The van der Waals surface area contributed by atoms with Crippen LogP contribution >= 0.6 is 0 Å². The molecule has 0 bridgehead atoms. The van der Waals surface area contributed by atoms with Gasteiger partial charge >= 0.3 is 0 Å². The minimum atomic E-state index is 0.0685. The Morgan fingerprint density at radius 3 is 2.46 bits per heavy atom. The third-order valence-electron chi connectivity index (χ3n) is 1.87. The summed E-state index contributed by atoms with van der Waals surface area (Å²) in [5.41, 5.74) is 2.70. The normalized spacial score (nSPS) is 10.2. The second-order valence-corrected chi connectivity index (χ2v) is 2.74. The van der Waals surface area contributed by atoms with E-state index in [-0.39, 0.29) is 6.61 Å². The molecule has 2 aromatic rings. The van der Waals surface area contributed by atoms with Crippen LogP contribution in [0.2, 0.25) is 0 Å². The fourth-order valence-electron chi connectivity index (χ4n) is 1.14. The molecular formula is C10H9NO2. The zero-order valence-electron chi connectivity index (χ0n) is 6.97. The molecule has 0 spiro atoms. The first-order valence-electron chi connectivity index (χ1n) is 4.01. The van der Waals surface area contributed by atoms with E-state index in [4.69, 9.17) is 9.63 Å². The van der Waals surface area contributed by atoms with Gasteiger partial charge in [0.25, 0.3) is 0 Å². The molecule has 1 N–H and O–H groups in total.